The van der Waals surface area contributed by atoms with Gasteiger partial charge in [-0.25, -0.2) is 13.1 Å². The molecule has 0 unspecified atom stereocenters. The molecule has 0 spiro atoms. The molecule has 0 aliphatic rings. The van der Waals surface area contributed by atoms with Gasteiger partial charge in [0.2, 0.25) is 10.0 Å². The Morgan fingerprint density at radius 2 is 2.05 bits per heavy atom. The second kappa shape index (κ2) is 7.38. The van der Waals surface area contributed by atoms with E-state index in [0.29, 0.717) is 30.4 Å². The first kappa shape index (κ1) is 16.6. The van der Waals surface area contributed by atoms with E-state index in [-0.39, 0.29) is 0 Å². The number of nitrogens with one attached hydrogen (secondary N) is 1. The SMILES string of the molecule is Cc1cc(S(=O)(=O)NCCCOCC(C)C)c(C)s1. The highest BCUT2D eigenvalue weighted by atomic mass is 32.2. The zero-order valence-corrected chi connectivity index (χ0v) is 13.7. The molecule has 1 aromatic rings. The number of rotatable bonds is 8. The molecule has 0 atom stereocenters. The highest BCUT2D eigenvalue weighted by molar-refractivity contribution is 7.89. The largest absolute Gasteiger partial charge is 0.381 e. The molecule has 4 nitrogen and oxygen atoms in total. The van der Waals surface area contributed by atoms with Gasteiger partial charge in [0.05, 0.1) is 4.90 Å². The Labute approximate surface area is 120 Å². The molecule has 110 valence electrons. The van der Waals surface area contributed by atoms with Crippen LogP contribution in [0.25, 0.3) is 0 Å². The molecule has 1 aromatic heterocycles. The van der Waals surface area contributed by atoms with Crippen molar-refractivity contribution in [1.82, 2.24) is 4.72 Å². The number of sulfonamides is 1. The summed E-state index contributed by atoms with van der Waals surface area (Å²) >= 11 is 1.50. The molecule has 1 rings (SSSR count). The highest BCUT2D eigenvalue weighted by Gasteiger charge is 2.18. The first-order valence-electron chi connectivity index (χ1n) is 6.47. The third-order valence-corrected chi connectivity index (χ3v) is 5.18. The van der Waals surface area contributed by atoms with Crippen LogP contribution < -0.4 is 4.72 Å². The van der Waals surface area contributed by atoms with E-state index in [0.717, 1.165) is 16.4 Å². The molecule has 0 bridgehead atoms. The van der Waals surface area contributed by atoms with Gasteiger partial charge in [-0.2, -0.15) is 0 Å². The number of thiophene rings is 1. The highest BCUT2D eigenvalue weighted by Crippen LogP contribution is 2.24. The lowest BCUT2D eigenvalue weighted by molar-refractivity contribution is 0.108. The molecule has 0 aliphatic carbocycles. The predicted molar refractivity (Wildman–Crippen MR) is 79.3 cm³/mol. The number of hydrogen-bond donors (Lipinski definition) is 1. The van der Waals surface area contributed by atoms with Gasteiger partial charge in [0.25, 0.3) is 0 Å². The second-order valence-electron chi connectivity index (χ2n) is 5.00. The number of aryl methyl sites for hydroxylation is 2. The third kappa shape index (κ3) is 5.60. The summed E-state index contributed by atoms with van der Waals surface area (Å²) in [6, 6.07) is 1.72. The quantitative estimate of drug-likeness (QED) is 0.751. The average molecular weight is 305 g/mol. The Hall–Kier alpha value is -0.430. The van der Waals surface area contributed by atoms with E-state index < -0.39 is 10.0 Å². The van der Waals surface area contributed by atoms with Gasteiger partial charge in [-0.1, -0.05) is 13.8 Å². The van der Waals surface area contributed by atoms with E-state index in [1.54, 1.807) is 6.07 Å². The van der Waals surface area contributed by atoms with Crippen LogP contribution in [0.5, 0.6) is 0 Å². The Kier molecular flexibility index (Phi) is 6.46. The number of ether oxygens (including phenoxy) is 1. The Morgan fingerprint density at radius 3 is 2.58 bits per heavy atom. The standard InChI is InChI=1S/C13H23NO3S2/c1-10(2)9-17-7-5-6-14-19(15,16)13-8-11(3)18-12(13)4/h8,10,14H,5-7,9H2,1-4H3. The molecule has 0 radical (unpaired) electrons. The minimum atomic E-state index is -3.37. The van der Waals surface area contributed by atoms with E-state index in [9.17, 15) is 8.42 Å². The minimum absolute atomic E-state index is 0.401. The summed E-state index contributed by atoms with van der Waals surface area (Å²) in [5.41, 5.74) is 0. The molecular weight excluding hydrogens is 282 g/mol. The predicted octanol–water partition coefficient (Wildman–Crippen LogP) is 2.71. The van der Waals surface area contributed by atoms with Gasteiger partial charge >= 0.3 is 0 Å². The van der Waals surface area contributed by atoms with E-state index >= 15 is 0 Å². The van der Waals surface area contributed by atoms with Crippen molar-refractivity contribution < 1.29 is 13.2 Å². The molecule has 0 fully saturated rings. The Bertz CT molecular complexity index is 492. The van der Waals surface area contributed by atoms with Crippen LogP contribution >= 0.6 is 11.3 Å². The van der Waals surface area contributed by atoms with Crippen molar-refractivity contribution in [2.24, 2.45) is 5.92 Å². The van der Waals surface area contributed by atoms with Gasteiger partial charge in [0.15, 0.2) is 0 Å². The maximum absolute atomic E-state index is 12.1. The van der Waals surface area contributed by atoms with Crippen molar-refractivity contribution in [3.8, 4) is 0 Å². The van der Waals surface area contributed by atoms with Crippen LogP contribution in [0.4, 0.5) is 0 Å². The first-order chi connectivity index (χ1) is 8.83. The summed E-state index contributed by atoms with van der Waals surface area (Å²) in [5, 5.41) is 0. The minimum Gasteiger partial charge on any atom is -0.381 e. The topological polar surface area (TPSA) is 55.4 Å². The van der Waals surface area contributed by atoms with E-state index in [1.807, 2.05) is 13.8 Å². The molecule has 1 heterocycles. The van der Waals surface area contributed by atoms with Crippen LogP contribution in [0.1, 0.15) is 30.0 Å². The molecular formula is C13H23NO3S2. The van der Waals surface area contributed by atoms with Crippen LogP contribution in [0.15, 0.2) is 11.0 Å². The zero-order valence-electron chi connectivity index (χ0n) is 12.0. The van der Waals surface area contributed by atoms with Gasteiger partial charge < -0.3 is 4.74 Å². The second-order valence-corrected chi connectivity index (χ2v) is 8.19. The maximum atomic E-state index is 12.1. The third-order valence-electron chi connectivity index (χ3n) is 2.49. The summed E-state index contributed by atoms with van der Waals surface area (Å²) in [6.45, 7) is 9.63. The molecule has 0 saturated heterocycles. The van der Waals surface area contributed by atoms with Crippen molar-refractivity contribution >= 4 is 21.4 Å². The summed E-state index contributed by atoms with van der Waals surface area (Å²) in [7, 11) is -3.37. The smallest absolute Gasteiger partial charge is 0.241 e. The van der Waals surface area contributed by atoms with Crippen LogP contribution in [0.3, 0.4) is 0 Å². The molecule has 19 heavy (non-hydrogen) atoms. The summed E-state index contributed by atoms with van der Waals surface area (Å²) in [4.78, 5) is 2.25. The molecule has 0 aliphatic heterocycles. The zero-order chi connectivity index (χ0) is 14.5. The number of hydrogen-bond acceptors (Lipinski definition) is 4. The van der Waals surface area contributed by atoms with Gasteiger partial charge in [-0.15, -0.1) is 11.3 Å². The van der Waals surface area contributed by atoms with E-state index in [4.69, 9.17) is 4.74 Å². The molecule has 0 saturated carbocycles. The van der Waals surface area contributed by atoms with Crippen LogP contribution in [-0.4, -0.2) is 28.2 Å². The monoisotopic (exact) mass is 305 g/mol. The van der Waals surface area contributed by atoms with Gasteiger partial charge in [0, 0.05) is 29.5 Å². The van der Waals surface area contributed by atoms with Crippen LogP contribution in [-0.2, 0) is 14.8 Å². The summed E-state index contributed by atoms with van der Waals surface area (Å²) in [6.07, 6.45) is 0.689. The fraction of sp³-hybridized carbons (Fsp3) is 0.692. The lowest BCUT2D eigenvalue weighted by Gasteiger charge is -2.08. The van der Waals surface area contributed by atoms with Crippen molar-refractivity contribution in [3.63, 3.8) is 0 Å². The van der Waals surface area contributed by atoms with Crippen molar-refractivity contribution in [2.75, 3.05) is 19.8 Å². The molecule has 6 heteroatoms. The fourth-order valence-corrected chi connectivity index (χ4v) is 4.28. The van der Waals surface area contributed by atoms with Crippen molar-refractivity contribution in [3.05, 3.63) is 15.8 Å². The molecule has 1 N–H and O–H groups in total. The van der Waals surface area contributed by atoms with Crippen LogP contribution in [0, 0.1) is 19.8 Å². The van der Waals surface area contributed by atoms with Crippen molar-refractivity contribution in [1.29, 1.82) is 0 Å². The van der Waals surface area contributed by atoms with E-state index in [2.05, 4.69) is 18.6 Å². The Morgan fingerprint density at radius 1 is 1.37 bits per heavy atom. The molecule has 0 aromatic carbocycles. The normalized spacial score (nSPS) is 12.3. The summed E-state index contributed by atoms with van der Waals surface area (Å²) in [5.74, 6) is 0.508. The molecule has 0 amide bonds. The van der Waals surface area contributed by atoms with Crippen molar-refractivity contribution in [2.45, 2.75) is 39.0 Å². The first-order valence-corrected chi connectivity index (χ1v) is 8.77. The summed E-state index contributed by atoms with van der Waals surface area (Å²) < 4.78 is 32.2. The lowest BCUT2D eigenvalue weighted by atomic mass is 10.2. The van der Waals surface area contributed by atoms with Gasteiger partial charge in [-0.05, 0) is 32.3 Å². The van der Waals surface area contributed by atoms with Crippen LogP contribution in [0.2, 0.25) is 0 Å². The fourth-order valence-electron chi connectivity index (χ4n) is 1.65. The van der Waals surface area contributed by atoms with Gasteiger partial charge in [-0.3, -0.25) is 0 Å². The maximum Gasteiger partial charge on any atom is 0.241 e. The Balaban J connectivity index is 2.38. The lowest BCUT2D eigenvalue weighted by Crippen LogP contribution is -2.25. The average Bonchev–Trinajstić information content (AvgIpc) is 2.63. The van der Waals surface area contributed by atoms with Gasteiger partial charge in [0.1, 0.15) is 0 Å². The van der Waals surface area contributed by atoms with E-state index in [1.165, 1.54) is 11.3 Å².